The minimum Gasteiger partial charge on any atom is -0.462 e. The van der Waals surface area contributed by atoms with Gasteiger partial charge in [0.2, 0.25) is 12.6 Å². The van der Waals surface area contributed by atoms with Gasteiger partial charge in [0.25, 0.3) is 0 Å². The molecule has 10 atom stereocenters. The second kappa shape index (κ2) is 19.7. The van der Waals surface area contributed by atoms with E-state index in [9.17, 15) is 40.9 Å². The van der Waals surface area contributed by atoms with Crippen molar-refractivity contribution >= 4 is 46.4 Å². The van der Waals surface area contributed by atoms with Gasteiger partial charge < -0.3 is 69.8 Å². The molecular formula is C56H50N4O12. The number of hydrogen-bond acceptors (Lipinski definition) is 14. The van der Waals surface area contributed by atoms with E-state index < -0.39 is 74.6 Å². The van der Waals surface area contributed by atoms with Gasteiger partial charge in [0.1, 0.15) is 60.3 Å². The van der Waals surface area contributed by atoms with E-state index in [-0.39, 0.29) is 5.75 Å². The van der Waals surface area contributed by atoms with Crippen molar-refractivity contribution in [1.29, 1.82) is 0 Å². The summed E-state index contributed by atoms with van der Waals surface area (Å²) in [5.74, 6) is 0.581. The van der Waals surface area contributed by atoms with E-state index in [1.54, 1.807) is 24.3 Å². The minimum atomic E-state index is -1.61. The largest absolute Gasteiger partial charge is 0.462 e. The molecule has 0 spiro atoms. The monoisotopic (exact) mass is 970 g/mol. The van der Waals surface area contributed by atoms with Crippen LogP contribution in [0.25, 0.3) is 90.9 Å². The maximum absolute atomic E-state index is 10.7. The number of nitrogens with zero attached hydrogens (tertiary/aromatic N) is 2. The van der Waals surface area contributed by atoms with Crippen LogP contribution in [-0.4, -0.2) is 135 Å². The second-order valence-electron chi connectivity index (χ2n) is 17.9. The van der Waals surface area contributed by atoms with Crippen LogP contribution in [0.4, 0.5) is 0 Å². The summed E-state index contributed by atoms with van der Waals surface area (Å²) in [6, 6.07) is 42.4. The Morgan fingerprint density at radius 2 is 0.708 bits per heavy atom. The maximum atomic E-state index is 10.7. The number of aromatic nitrogens is 4. The van der Waals surface area contributed by atoms with Gasteiger partial charge in [-0.1, -0.05) is 84.9 Å². The lowest BCUT2D eigenvalue weighted by Gasteiger charge is -2.39. The Hall–Kier alpha value is -7.32. The van der Waals surface area contributed by atoms with E-state index >= 15 is 0 Å². The second-order valence-corrected chi connectivity index (χ2v) is 17.9. The van der Waals surface area contributed by atoms with Crippen LogP contribution in [0.15, 0.2) is 133 Å². The highest BCUT2D eigenvalue weighted by Gasteiger charge is 2.46. The van der Waals surface area contributed by atoms with Gasteiger partial charge in [-0.2, -0.15) is 0 Å². The number of ether oxygens (including phenoxy) is 4. The molecule has 4 aliphatic heterocycles. The number of hydrogen-bond donors (Lipinski definition) is 10. The van der Waals surface area contributed by atoms with Crippen LogP contribution in [-0.2, 0) is 9.47 Å². The van der Waals surface area contributed by atoms with E-state index in [2.05, 4.69) is 46.4 Å². The molecule has 0 amide bonds. The third kappa shape index (κ3) is 8.79. The lowest BCUT2D eigenvalue weighted by atomic mass is 9.99. The molecule has 4 aliphatic rings. The van der Waals surface area contributed by atoms with E-state index in [0.717, 1.165) is 61.0 Å². The van der Waals surface area contributed by atoms with Crippen LogP contribution in [0, 0.1) is 0 Å². The summed E-state index contributed by atoms with van der Waals surface area (Å²) in [4.78, 5) is 18.2. The van der Waals surface area contributed by atoms with E-state index in [4.69, 9.17) is 28.9 Å². The molecule has 0 unspecified atom stereocenters. The van der Waals surface area contributed by atoms with E-state index in [0.29, 0.717) is 34.1 Å². The summed E-state index contributed by atoms with van der Waals surface area (Å²) in [7, 11) is 0. The van der Waals surface area contributed by atoms with Crippen molar-refractivity contribution in [3.63, 3.8) is 0 Å². The lowest BCUT2D eigenvalue weighted by molar-refractivity contribution is -0.277. The third-order valence-electron chi connectivity index (χ3n) is 13.4. The fourth-order valence-corrected chi connectivity index (χ4v) is 9.63. The van der Waals surface area contributed by atoms with Crippen molar-refractivity contribution < 1.29 is 59.8 Å². The first kappa shape index (κ1) is 47.0. The van der Waals surface area contributed by atoms with Gasteiger partial charge in [-0.05, 0) is 95.1 Å². The molecule has 2 fully saturated rings. The molecule has 4 aromatic carbocycles. The Labute approximate surface area is 411 Å². The quantitative estimate of drug-likeness (QED) is 0.0792. The zero-order chi connectivity index (χ0) is 49.6. The first-order valence-electron chi connectivity index (χ1n) is 23.5. The van der Waals surface area contributed by atoms with E-state index in [1.807, 2.05) is 97.1 Å². The molecular weight excluding hydrogens is 921 g/mol. The summed E-state index contributed by atoms with van der Waals surface area (Å²) in [5.41, 5.74) is 12.4. The molecule has 3 aromatic heterocycles. The highest BCUT2D eigenvalue weighted by Crippen LogP contribution is 2.40. The summed E-state index contributed by atoms with van der Waals surface area (Å²) in [6.07, 6.45) is -6.68. The van der Waals surface area contributed by atoms with Crippen molar-refractivity contribution in [2.24, 2.45) is 0 Å². The number of nitrogens with one attached hydrogen (secondary N) is 2. The van der Waals surface area contributed by atoms with Crippen LogP contribution in [0.1, 0.15) is 22.8 Å². The number of aliphatic hydroxyl groups is 8. The molecule has 16 heteroatoms. The highest BCUT2D eigenvalue weighted by atomic mass is 16.7. The van der Waals surface area contributed by atoms with Gasteiger partial charge in [-0.15, -0.1) is 0 Å². The third-order valence-corrected chi connectivity index (χ3v) is 13.4. The van der Waals surface area contributed by atoms with Crippen molar-refractivity contribution in [2.75, 3.05) is 13.2 Å². The molecule has 366 valence electrons. The van der Waals surface area contributed by atoms with Crippen molar-refractivity contribution in [3.05, 3.63) is 156 Å². The normalized spacial score (nSPS) is 24.8. The molecule has 2 saturated heterocycles. The zero-order valence-electron chi connectivity index (χ0n) is 38.3. The zero-order valence-corrected chi connectivity index (χ0v) is 38.3. The van der Waals surface area contributed by atoms with Gasteiger partial charge >= 0.3 is 0 Å². The van der Waals surface area contributed by atoms with E-state index in [1.165, 1.54) is 0 Å². The number of benzene rings is 4. The SMILES string of the molecule is OC[C@H]1O[C@@H](Oc2ccc(-c3c4nc(c(-c5ccccc5)c5ccc([nH]5)c(-c5ccccc5)c5ccc([nH]5)c(-c5ccc(O[C@@H]6O[C@H](CO)[C@@H](O)[C@H](O)[C@H]6O)cc5)c5nc3C=C5)C=C4)cc2)[C@H](O)[C@@H](O)[C@@H]1O. The summed E-state index contributed by atoms with van der Waals surface area (Å²) in [6.45, 7) is -1.19. The fourth-order valence-electron chi connectivity index (χ4n) is 9.63. The Morgan fingerprint density at radius 3 is 1.10 bits per heavy atom. The highest BCUT2D eigenvalue weighted by molar-refractivity contribution is 6.00. The van der Waals surface area contributed by atoms with Gasteiger partial charge in [0, 0.05) is 44.3 Å². The Morgan fingerprint density at radius 1 is 0.375 bits per heavy atom. The molecule has 16 nitrogen and oxygen atoms in total. The van der Waals surface area contributed by atoms with Crippen LogP contribution < -0.4 is 9.47 Å². The molecule has 0 saturated carbocycles. The molecule has 10 N–H and O–H groups in total. The molecule has 0 aliphatic carbocycles. The van der Waals surface area contributed by atoms with Gasteiger partial charge in [0.15, 0.2) is 0 Å². The number of H-pyrrole nitrogens is 2. The molecule has 0 radical (unpaired) electrons. The summed E-state index contributed by atoms with van der Waals surface area (Å²) in [5, 5.41) is 82.4. The molecule has 8 bridgehead atoms. The van der Waals surface area contributed by atoms with Gasteiger partial charge in [0.05, 0.1) is 36.0 Å². The smallest absolute Gasteiger partial charge is 0.229 e. The van der Waals surface area contributed by atoms with Crippen LogP contribution >= 0.6 is 0 Å². The summed E-state index contributed by atoms with van der Waals surface area (Å²) < 4.78 is 23.2. The van der Waals surface area contributed by atoms with Gasteiger partial charge in [-0.25, -0.2) is 9.97 Å². The first-order chi connectivity index (χ1) is 35.1. The average molecular weight is 971 g/mol. The van der Waals surface area contributed by atoms with Crippen LogP contribution in [0.3, 0.4) is 0 Å². The van der Waals surface area contributed by atoms with Crippen molar-refractivity contribution in [3.8, 4) is 56.0 Å². The Bertz CT molecular complexity index is 3320. The van der Waals surface area contributed by atoms with Crippen molar-refractivity contribution in [2.45, 2.75) is 61.4 Å². The molecule has 11 rings (SSSR count). The average Bonchev–Trinajstić information content (AvgIpc) is 4.27. The number of rotatable bonds is 10. The Balaban J connectivity index is 1.10. The predicted molar refractivity (Wildman–Crippen MR) is 269 cm³/mol. The lowest BCUT2D eigenvalue weighted by Crippen LogP contribution is -2.60. The number of fused-ring (bicyclic) bond motifs is 8. The van der Waals surface area contributed by atoms with Crippen molar-refractivity contribution in [1.82, 2.24) is 19.9 Å². The Kier molecular flexibility index (Phi) is 12.9. The van der Waals surface area contributed by atoms with Crippen LogP contribution in [0.2, 0.25) is 0 Å². The fraction of sp³-hybridized carbons (Fsp3) is 0.214. The molecule has 7 aromatic rings. The standard InChI is InChI=1S/C56H50N4O12/c61-27-43-49(63)51(65)53(67)55(71-43)69-33-15-11-31(12-16-33)47-39-23-21-37(58-39)45(29-7-3-1-4-8-29)35-19-20-36(57-35)46(30-9-5-2-6-10-30)38-22-24-40(59-38)48(42-26-25-41(47)60-42)32-13-17-34(18-14-32)70-56-54(68)52(66)50(64)44(28-62)72-56/h1-26,43-44,49-58,61-68H,27-28H2/t43-,44-,49-,50-,51+,52+,53-,54-,55-,56-/m1/s1. The number of aliphatic hydroxyl groups excluding tert-OH is 8. The molecule has 7 heterocycles. The maximum Gasteiger partial charge on any atom is 0.229 e. The topological polar surface area (TPSA) is 256 Å². The predicted octanol–water partition coefficient (Wildman–Crippen LogP) is 5.68. The minimum absolute atomic E-state index is 0.287. The first-order valence-corrected chi connectivity index (χ1v) is 23.5. The van der Waals surface area contributed by atoms with Crippen LogP contribution in [0.5, 0.6) is 11.5 Å². The van der Waals surface area contributed by atoms with Gasteiger partial charge in [-0.3, -0.25) is 0 Å². The summed E-state index contributed by atoms with van der Waals surface area (Å²) >= 11 is 0. The number of aromatic amines is 2. The molecule has 72 heavy (non-hydrogen) atoms.